The molecule has 4 rings (SSSR count). The van der Waals surface area contributed by atoms with Crippen LogP contribution in [0.2, 0.25) is 0 Å². The fourth-order valence-corrected chi connectivity index (χ4v) is 5.16. The van der Waals surface area contributed by atoms with Gasteiger partial charge in [-0.1, -0.05) is 50.2 Å². The van der Waals surface area contributed by atoms with Crippen LogP contribution in [-0.4, -0.2) is 70.9 Å². The van der Waals surface area contributed by atoms with Gasteiger partial charge in [0.15, 0.2) is 0 Å². The standard InChI is InChI=1S/C27H34BN3O8/c1-15(2)14-22(28-37-26(35)17(4)39(28)18(5)27(36)38-28)30-25(34)23(16(3)32)31-24(33)21-13-9-12-20(29-21)19-10-7-6-8-11-19/h6-13,15-18,22-23,32H,14H2,1-5H3,(H,30,34)(H,31,33)/t16-,17+,18+,22+,23+/m1/s1. The number of carbonyl (C=O) groups excluding carboxylic acids is 4. The Morgan fingerprint density at radius 1 is 0.974 bits per heavy atom. The summed E-state index contributed by atoms with van der Waals surface area (Å²) < 4.78 is 13.9. The zero-order chi connectivity index (χ0) is 28.5. The second-order valence-electron chi connectivity index (χ2n) is 10.5. The minimum Gasteiger partial charge on any atom is -0.577 e. The number of aromatic nitrogens is 1. The summed E-state index contributed by atoms with van der Waals surface area (Å²) in [5.74, 6) is -3.51. The number of carbonyl (C=O) groups is 4. The van der Waals surface area contributed by atoms with Gasteiger partial charge in [0.05, 0.1) is 17.7 Å². The van der Waals surface area contributed by atoms with Crippen LogP contribution in [0.15, 0.2) is 48.5 Å². The van der Waals surface area contributed by atoms with Gasteiger partial charge in [0.1, 0.15) is 11.7 Å². The number of benzene rings is 1. The summed E-state index contributed by atoms with van der Waals surface area (Å²) in [5.41, 5.74) is 1.46. The van der Waals surface area contributed by atoms with Crippen molar-refractivity contribution in [3.8, 4) is 11.3 Å². The summed E-state index contributed by atoms with van der Waals surface area (Å²) in [5, 5.41) is 15.8. The number of aliphatic hydroxyl groups is 1. The van der Waals surface area contributed by atoms with Gasteiger partial charge in [-0.3, -0.25) is 9.59 Å². The summed E-state index contributed by atoms with van der Waals surface area (Å²) in [6, 6.07) is 12.9. The van der Waals surface area contributed by atoms with Crippen LogP contribution in [0.3, 0.4) is 0 Å². The van der Waals surface area contributed by atoms with Gasteiger partial charge in [0, 0.05) is 19.4 Å². The van der Waals surface area contributed by atoms with E-state index in [1.54, 1.807) is 26.0 Å². The van der Waals surface area contributed by atoms with Crippen molar-refractivity contribution in [3.63, 3.8) is 0 Å². The molecule has 2 amide bonds. The molecule has 0 radical (unpaired) electrons. The Kier molecular flexibility index (Phi) is 8.08. The third-order valence-electron chi connectivity index (χ3n) is 7.07. The van der Waals surface area contributed by atoms with E-state index in [0.717, 1.165) is 5.56 Å². The van der Waals surface area contributed by atoms with Crippen molar-refractivity contribution in [2.45, 2.75) is 71.3 Å². The predicted octanol–water partition coefficient (Wildman–Crippen LogP) is 1.68. The molecule has 1 aromatic heterocycles. The summed E-state index contributed by atoms with van der Waals surface area (Å²) in [4.78, 5) is 56.0. The fourth-order valence-electron chi connectivity index (χ4n) is 5.16. The SMILES string of the molecule is CC(C)C[C@H](NC(=O)[C@@H](NC(=O)c1cccc(-c2ccccc2)n1)[C@@H](C)O)[B-]12OC(=O)[C@H](C)[O+]1[C@@H](C)C(=O)O2. The molecule has 11 nitrogen and oxygen atoms in total. The van der Waals surface area contributed by atoms with Crippen LogP contribution in [0.5, 0.6) is 0 Å². The van der Waals surface area contributed by atoms with Gasteiger partial charge in [-0.15, -0.1) is 0 Å². The Bertz CT molecular complexity index is 1230. The highest BCUT2D eigenvalue weighted by Crippen LogP contribution is 2.42. The Morgan fingerprint density at radius 2 is 1.59 bits per heavy atom. The van der Waals surface area contributed by atoms with E-state index in [2.05, 4.69) is 19.9 Å². The highest BCUT2D eigenvalue weighted by Gasteiger charge is 2.72. The molecular weight excluding hydrogens is 505 g/mol. The first-order chi connectivity index (χ1) is 18.4. The van der Waals surface area contributed by atoms with Crippen LogP contribution in [0.1, 0.15) is 51.5 Å². The number of nitrogens with one attached hydrogen (secondary N) is 2. The molecule has 39 heavy (non-hydrogen) atoms. The van der Waals surface area contributed by atoms with Crippen molar-refractivity contribution >= 4 is 30.5 Å². The topological polar surface area (TPSA) is 147 Å². The highest BCUT2D eigenvalue weighted by atomic mass is 16.9. The third kappa shape index (κ3) is 5.53. The summed E-state index contributed by atoms with van der Waals surface area (Å²) in [6.45, 7) is 5.57. The molecule has 2 aliphatic rings. The minimum atomic E-state index is -2.77. The maximum atomic E-state index is 13.5. The summed E-state index contributed by atoms with van der Waals surface area (Å²) in [7, 11) is 0. The zero-order valence-electron chi connectivity index (χ0n) is 22.6. The third-order valence-corrected chi connectivity index (χ3v) is 7.07. The maximum absolute atomic E-state index is 13.5. The number of hydrogen-bond donors (Lipinski definition) is 3. The van der Waals surface area contributed by atoms with Crippen molar-refractivity contribution < 1.29 is 37.9 Å². The largest absolute Gasteiger partial charge is 0.706 e. The van der Waals surface area contributed by atoms with Gasteiger partial charge in [0.25, 0.3) is 5.91 Å². The van der Waals surface area contributed by atoms with E-state index in [4.69, 9.17) is 9.31 Å². The van der Waals surface area contributed by atoms with E-state index in [1.165, 1.54) is 13.0 Å². The van der Waals surface area contributed by atoms with E-state index in [1.807, 2.05) is 44.2 Å². The number of rotatable bonds is 9. The zero-order valence-corrected chi connectivity index (χ0v) is 22.6. The van der Waals surface area contributed by atoms with E-state index < -0.39 is 60.8 Å². The molecule has 12 heteroatoms. The second kappa shape index (κ2) is 11.2. The maximum Gasteiger partial charge on any atom is 0.706 e. The van der Waals surface area contributed by atoms with Crippen LogP contribution in [-0.2, 0) is 28.0 Å². The normalized spacial score (nSPS) is 22.4. The first kappa shape index (κ1) is 28.2. The highest BCUT2D eigenvalue weighted by molar-refractivity contribution is 6.70. The van der Waals surface area contributed by atoms with E-state index in [9.17, 15) is 24.3 Å². The summed E-state index contributed by atoms with van der Waals surface area (Å²) in [6.07, 6.45) is -2.65. The number of hydrogen-bond acceptors (Lipinski definition) is 8. The lowest BCUT2D eigenvalue weighted by molar-refractivity contribution is -0.154. The number of pyridine rings is 1. The van der Waals surface area contributed by atoms with Crippen LogP contribution >= 0.6 is 0 Å². The average molecular weight is 539 g/mol. The molecule has 2 aromatic rings. The Labute approximate surface area is 226 Å². The van der Waals surface area contributed by atoms with E-state index in [0.29, 0.717) is 5.69 Å². The van der Waals surface area contributed by atoms with Crippen molar-refractivity contribution in [1.29, 1.82) is 0 Å². The second-order valence-corrected chi connectivity index (χ2v) is 10.5. The van der Waals surface area contributed by atoms with Crippen LogP contribution in [0, 0.1) is 5.92 Å². The molecule has 0 unspecified atom stereocenters. The van der Waals surface area contributed by atoms with Gasteiger partial charge in [0.2, 0.25) is 18.1 Å². The Balaban J connectivity index is 1.57. The van der Waals surface area contributed by atoms with Crippen molar-refractivity contribution in [1.82, 2.24) is 15.6 Å². The van der Waals surface area contributed by atoms with Gasteiger partial charge in [-0.25, -0.2) is 14.6 Å². The molecule has 2 fully saturated rings. The first-order valence-electron chi connectivity index (χ1n) is 13.1. The molecule has 0 aliphatic carbocycles. The quantitative estimate of drug-likeness (QED) is 0.322. The molecule has 3 heterocycles. The molecule has 2 aliphatic heterocycles. The molecule has 1 aromatic carbocycles. The molecule has 0 bridgehead atoms. The molecule has 0 saturated carbocycles. The first-order valence-corrected chi connectivity index (χ1v) is 13.1. The van der Waals surface area contributed by atoms with Crippen molar-refractivity contribution in [2.24, 2.45) is 5.92 Å². The number of nitrogens with zero attached hydrogens (tertiary/aromatic N) is 1. The van der Waals surface area contributed by atoms with Gasteiger partial charge in [-0.2, -0.15) is 0 Å². The smallest absolute Gasteiger partial charge is 0.577 e. The van der Waals surface area contributed by atoms with Crippen LogP contribution < -0.4 is 10.6 Å². The molecule has 0 spiro atoms. The molecule has 208 valence electrons. The number of amides is 2. The van der Waals surface area contributed by atoms with Crippen LogP contribution in [0.25, 0.3) is 11.3 Å². The van der Waals surface area contributed by atoms with Crippen molar-refractivity contribution in [2.75, 3.05) is 0 Å². The van der Waals surface area contributed by atoms with Crippen molar-refractivity contribution in [3.05, 3.63) is 54.2 Å². The number of fused-ring (bicyclic) bond motifs is 1. The predicted molar refractivity (Wildman–Crippen MR) is 142 cm³/mol. The van der Waals surface area contributed by atoms with E-state index in [-0.39, 0.29) is 18.0 Å². The molecule has 3 N–H and O–H groups in total. The Morgan fingerprint density at radius 3 is 2.15 bits per heavy atom. The summed E-state index contributed by atoms with van der Waals surface area (Å²) >= 11 is 0. The van der Waals surface area contributed by atoms with Gasteiger partial charge < -0.3 is 29.3 Å². The lowest BCUT2D eigenvalue weighted by Crippen LogP contribution is -2.65. The van der Waals surface area contributed by atoms with E-state index >= 15 is 0 Å². The number of aliphatic hydroxyl groups excluding tert-OH is 1. The average Bonchev–Trinajstić information content (AvgIpc) is 3.30. The molecular formula is C27H34BN3O8. The minimum absolute atomic E-state index is 0.00253. The van der Waals surface area contributed by atoms with Crippen LogP contribution in [0.4, 0.5) is 0 Å². The fraction of sp³-hybridized carbons (Fsp3) is 0.444. The molecule has 2 saturated heterocycles. The Hall–Kier alpha value is -3.77. The molecule has 5 atom stereocenters. The lowest BCUT2D eigenvalue weighted by atomic mass is 9.65. The van der Waals surface area contributed by atoms with Gasteiger partial charge >= 0.3 is 18.7 Å². The van der Waals surface area contributed by atoms with Gasteiger partial charge in [-0.05, 0) is 31.4 Å². The lowest BCUT2D eigenvalue weighted by Gasteiger charge is -2.39. The monoisotopic (exact) mass is 539 g/mol.